The van der Waals surface area contributed by atoms with Gasteiger partial charge in [0, 0.05) is 22.0 Å². The molecule has 0 saturated carbocycles. The maximum Gasteiger partial charge on any atom is 0.127 e. The van der Waals surface area contributed by atoms with Gasteiger partial charge >= 0.3 is 0 Å². The van der Waals surface area contributed by atoms with Crippen LogP contribution in [-0.2, 0) is 0 Å². The molecule has 0 amide bonds. The van der Waals surface area contributed by atoms with Crippen molar-refractivity contribution in [3.63, 3.8) is 0 Å². The van der Waals surface area contributed by atoms with Crippen molar-refractivity contribution in [2.24, 2.45) is 0 Å². The Bertz CT molecular complexity index is 524. The highest BCUT2D eigenvalue weighted by Gasteiger charge is 2.28. The quantitative estimate of drug-likeness (QED) is 0.860. The van der Waals surface area contributed by atoms with Crippen molar-refractivity contribution >= 4 is 27.3 Å². The van der Waals surface area contributed by atoms with Crippen LogP contribution in [0.25, 0.3) is 0 Å². The number of ether oxygens (including phenoxy) is 1. The molecule has 0 fully saturated rings. The maximum absolute atomic E-state index is 10.1. The number of hydrogen-bond donors (Lipinski definition) is 1. The van der Waals surface area contributed by atoms with Crippen LogP contribution < -0.4 is 4.74 Å². The molecular formula is C13H11BrO2S. The Balaban J connectivity index is 1.97. The normalized spacial score (nSPS) is 22.9. The Morgan fingerprint density at radius 3 is 3.00 bits per heavy atom. The van der Waals surface area contributed by atoms with Crippen LogP contribution in [-0.4, -0.2) is 5.11 Å². The van der Waals surface area contributed by atoms with E-state index in [-0.39, 0.29) is 6.10 Å². The van der Waals surface area contributed by atoms with Crippen molar-refractivity contribution in [3.8, 4) is 5.75 Å². The summed E-state index contributed by atoms with van der Waals surface area (Å²) >= 11 is 5.07. The van der Waals surface area contributed by atoms with Gasteiger partial charge in [-0.1, -0.05) is 22.0 Å². The Kier molecular flexibility index (Phi) is 2.94. The van der Waals surface area contributed by atoms with Crippen LogP contribution >= 0.6 is 27.3 Å². The van der Waals surface area contributed by atoms with Gasteiger partial charge in [-0.15, -0.1) is 0 Å². The van der Waals surface area contributed by atoms with E-state index in [2.05, 4.69) is 21.3 Å². The lowest BCUT2D eigenvalue weighted by atomic mass is 9.96. The first-order valence-corrected chi connectivity index (χ1v) is 7.14. The topological polar surface area (TPSA) is 29.5 Å². The standard InChI is InChI=1S/C13H11BrO2S/c14-9-1-2-10-11(15)6-12(16-13(10)5-9)8-3-4-17-7-8/h1-5,7,11-12,15H,6H2/t11-,12?/m0/s1. The van der Waals surface area contributed by atoms with E-state index in [0.29, 0.717) is 6.42 Å². The first-order valence-electron chi connectivity index (χ1n) is 5.40. The molecule has 1 N–H and O–H groups in total. The largest absolute Gasteiger partial charge is 0.485 e. The molecule has 1 unspecified atom stereocenters. The molecule has 1 aromatic heterocycles. The summed E-state index contributed by atoms with van der Waals surface area (Å²) in [4.78, 5) is 0. The maximum atomic E-state index is 10.1. The number of aliphatic hydroxyl groups excluding tert-OH is 1. The van der Waals surface area contributed by atoms with Gasteiger partial charge in [0.1, 0.15) is 11.9 Å². The molecule has 3 rings (SSSR count). The SMILES string of the molecule is O[C@H]1CC(c2ccsc2)Oc2cc(Br)ccc21. The van der Waals surface area contributed by atoms with Gasteiger partial charge in [0.05, 0.1) is 6.10 Å². The summed E-state index contributed by atoms with van der Waals surface area (Å²) < 4.78 is 6.91. The van der Waals surface area contributed by atoms with E-state index in [9.17, 15) is 5.11 Å². The van der Waals surface area contributed by atoms with E-state index in [0.717, 1.165) is 21.3 Å². The van der Waals surface area contributed by atoms with E-state index in [4.69, 9.17) is 4.74 Å². The predicted molar refractivity (Wildman–Crippen MR) is 71.4 cm³/mol. The molecule has 17 heavy (non-hydrogen) atoms. The van der Waals surface area contributed by atoms with Gasteiger partial charge in [-0.05, 0) is 29.0 Å². The van der Waals surface area contributed by atoms with Crippen LogP contribution in [0.15, 0.2) is 39.5 Å². The monoisotopic (exact) mass is 310 g/mol. The number of thiophene rings is 1. The van der Waals surface area contributed by atoms with Crippen molar-refractivity contribution in [1.29, 1.82) is 0 Å². The van der Waals surface area contributed by atoms with Crippen LogP contribution in [0, 0.1) is 0 Å². The van der Waals surface area contributed by atoms with Crippen molar-refractivity contribution in [2.75, 3.05) is 0 Å². The van der Waals surface area contributed by atoms with Crippen molar-refractivity contribution in [1.82, 2.24) is 0 Å². The molecule has 0 spiro atoms. The Labute approximate surface area is 112 Å². The zero-order valence-electron chi connectivity index (χ0n) is 8.97. The summed E-state index contributed by atoms with van der Waals surface area (Å²) in [5.41, 5.74) is 2.01. The third-order valence-corrected chi connectivity index (χ3v) is 4.15. The predicted octanol–water partition coefficient (Wildman–Crippen LogP) is 4.07. The Hall–Kier alpha value is -0.840. The number of aliphatic hydroxyl groups is 1. The summed E-state index contributed by atoms with van der Waals surface area (Å²) in [6, 6.07) is 7.80. The molecule has 1 aromatic carbocycles. The average molecular weight is 311 g/mol. The van der Waals surface area contributed by atoms with Gasteiger partial charge in [0.25, 0.3) is 0 Å². The molecule has 1 aliphatic rings. The first-order chi connectivity index (χ1) is 8.24. The Morgan fingerprint density at radius 1 is 1.35 bits per heavy atom. The third-order valence-electron chi connectivity index (χ3n) is 2.96. The Morgan fingerprint density at radius 2 is 2.24 bits per heavy atom. The molecule has 1 aliphatic heterocycles. The van der Waals surface area contributed by atoms with E-state index >= 15 is 0 Å². The van der Waals surface area contributed by atoms with Gasteiger partial charge in [0.15, 0.2) is 0 Å². The fourth-order valence-electron chi connectivity index (χ4n) is 2.08. The molecule has 4 heteroatoms. The molecule has 2 heterocycles. The zero-order chi connectivity index (χ0) is 11.8. The minimum Gasteiger partial charge on any atom is -0.485 e. The number of hydrogen-bond acceptors (Lipinski definition) is 3. The summed E-state index contributed by atoms with van der Waals surface area (Å²) in [5.74, 6) is 0.773. The van der Waals surface area contributed by atoms with E-state index in [1.807, 2.05) is 29.6 Å². The minimum atomic E-state index is -0.447. The van der Waals surface area contributed by atoms with Crippen LogP contribution in [0.4, 0.5) is 0 Å². The lowest BCUT2D eigenvalue weighted by molar-refractivity contribution is 0.0659. The molecule has 2 aromatic rings. The summed E-state index contributed by atoms with van der Waals surface area (Å²) in [6.45, 7) is 0. The number of halogens is 1. The summed E-state index contributed by atoms with van der Waals surface area (Å²) in [6.07, 6.45) is 0.126. The smallest absolute Gasteiger partial charge is 0.127 e. The highest BCUT2D eigenvalue weighted by molar-refractivity contribution is 9.10. The second-order valence-corrected chi connectivity index (χ2v) is 5.79. The molecule has 2 nitrogen and oxygen atoms in total. The van der Waals surface area contributed by atoms with Crippen LogP contribution in [0.5, 0.6) is 5.75 Å². The molecule has 0 saturated heterocycles. The van der Waals surface area contributed by atoms with Gasteiger partial charge < -0.3 is 9.84 Å². The number of fused-ring (bicyclic) bond motifs is 1. The highest BCUT2D eigenvalue weighted by Crippen LogP contribution is 2.42. The summed E-state index contributed by atoms with van der Waals surface area (Å²) in [5, 5.41) is 14.2. The molecule has 0 bridgehead atoms. The van der Waals surface area contributed by atoms with E-state index in [1.54, 1.807) is 11.3 Å². The average Bonchev–Trinajstić information content (AvgIpc) is 2.81. The van der Waals surface area contributed by atoms with E-state index < -0.39 is 6.10 Å². The van der Waals surface area contributed by atoms with Crippen LogP contribution in [0.1, 0.15) is 29.8 Å². The first kappa shape index (κ1) is 11.3. The van der Waals surface area contributed by atoms with Gasteiger partial charge in [-0.3, -0.25) is 0 Å². The van der Waals surface area contributed by atoms with Gasteiger partial charge in [-0.25, -0.2) is 0 Å². The third kappa shape index (κ3) is 2.12. The minimum absolute atomic E-state index is 0.0435. The molecule has 88 valence electrons. The van der Waals surface area contributed by atoms with Crippen molar-refractivity contribution in [3.05, 3.63) is 50.6 Å². The van der Waals surface area contributed by atoms with Crippen LogP contribution in [0.2, 0.25) is 0 Å². The lowest BCUT2D eigenvalue weighted by Gasteiger charge is -2.29. The van der Waals surface area contributed by atoms with Gasteiger partial charge in [0.2, 0.25) is 0 Å². The van der Waals surface area contributed by atoms with E-state index in [1.165, 1.54) is 0 Å². The fourth-order valence-corrected chi connectivity index (χ4v) is 3.12. The lowest BCUT2D eigenvalue weighted by Crippen LogP contribution is -2.18. The number of benzene rings is 1. The molecule has 0 aliphatic carbocycles. The van der Waals surface area contributed by atoms with Crippen LogP contribution in [0.3, 0.4) is 0 Å². The molecule has 2 atom stereocenters. The summed E-state index contributed by atoms with van der Waals surface area (Å²) in [7, 11) is 0. The highest BCUT2D eigenvalue weighted by atomic mass is 79.9. The van der Waals surface area contributed by atoms with Gasteiger partial charge in [-0.2, -0.15) is 11.3 Å². The second kappa shape index (κ2) is 4.44. The zero-order valence-corrected chi connectivity index (χ0v) is 11.4. The van der Waals surface area contributed by atoms with Crippen molar-refractivity contribution < 1.29 is 9.84 Å². The molecular weight excluding hydrogens is 300 g/mol. The fraction of sp³-hybridized carbons (Fsp3) is 0.231. The number of rotatable bonds is 1. The van der Waals surface area contributed by atoms with Crippen molar-refractivity contribution in [2.45, 2.75) is 18.6 Å². The molecule has 0 radical (unpaired) electrons. The second-order valence-electron chi connectivity index (χ2n) is 4.10.